The molecule has 0 spiro atoms. The van der Waals surface area contributed by atoms with Crippen molar-refractivity contribution in [3.8, 4) is 17.2 Å². The number of piperidine rings is 1. The summed E-state index contributed by atoms with van der Waals surface area (Å²) in [7, 11) is 4.79. The van der Waals surface area contributed by atoms with Gasteiger partial charge in [0.2, 0.25) is 5.91 Å². The van der Waals surface area contributed by atoms with E-state index in [0.29, 0.717) is 30.2 Å². The minimum absolute atomic E-state index is 0.0332. The highest BCUT2D eigenvalue weighted by Crippen LogP contribution is 2.46. The Bertz CT molecular complexity index is 1300. The van der Waals surface area contributed by atoms with E-state index in [1.54, 1.807) is 39.5 Å². The van der Waals surface area contributed by atoms with Gasteiger partial charge in [-0.15, -0.1) is 0 Å². The summed E-state index contributed by atoms with van der Waals surface area (Å²) in [6.45, 7) is 2.47. The molecular weight excluding hydrogens is 499 g/mol. The van der Waals surface area contributed by atoms with Crippen molar-refractivity contribution in [3.05, 3.63) is 88.7 Å². The number of nitrogens with one attached hydrogen (secondary N) is 4. The third kappa shape index (κ3) is 5.56. The second-order valence-electron chi connectivity index (χ2n) is 10.1. The molecule has 3 aromatic rings. The van der Waals surface area contributed by atoms with Gasteiger partial charge in [0, 0.05) is 36.1 Å². The van der Waals surface area contributed by atoms with Crippen LogP contribution in [0, 0.1) is 24.6 Å². The number of hydrazine groups is 1. The number of carbonyl (C=O) groups is 1. The van der Waals surface area contributed by atoms with Gasteiger partial charge in [-0.25, -0.2) is 15.2 Å². The zero-order chi connectivity index (χ0) is 27.5. The first kappa shape index (κ1) is 26.9. The number of ether oxygens (including phenoxy) is 3. The highest BCUT2D eigenvalue weighted by Gasteiger charge is 2.49. The number of methoxy groups -OCH3 is 3. The lowest BCUT2D eigenvalue weighted by Gasteiger charge is -2.40. The molecular formula is C30H35FN4O4. The highest BCUT2D eigenvalue weighted by atomic mass is 19.1. The number of hydrogen-bond donors (Lipinski definition) is 4. The number of amides is 1. The standard InChI is InChI=1S/C30H35FN4O4/c1-17-5-7-18(8-6-17)16-32-30(36)22-13-23(21-14-25(38-3)26(39-4)15-24(21)37-2)33-29-27(22)28(34-35-29)19-9-11-20(31)12-10-19/h5-12,14-15,22-23,27-29,33-35H,13,16H2,1-4H3,(H,32,36). The average molecular weight is 535 g/mol. The molecule has 3 aromatic carbocycles. The topological polar surface area (TPSA) is 92.9 Å². The SMILES string of the molecule is COc1cc(OC)c(C2CC(C(=O)NCc3ccc(C)cc3)C3C(NNC3c3ccc(F)cc3)N2)cc1OC. The third-order valence-electron chi connectivity index (χ3n) is 7.76. The van der Waals surface area contributed by atoms with E-state index in [1.807, 2.05) is 37.3 Å². The Morgan fingerprint density at radius 1 is 0.923 bits per heavy atom. The number of rotatable bonds is 8. The molecule has 0 radical (unpaired) electrons. The zero-order valence-corrected chi connectivity index (χ0v) is 22.6. The summed E-state index contributed by atoms with van der Waals surface area (Å²) in [4.78, 5) is 13.8. The fourth-order valence-electron chi connectivity index (χ4n) is 5.70. The molecule has 0 saturated carbocycles. The van der Waals surface area contributed by atoms with Crippen LogP contribution in [-0.2, 0) is 11.3 Å². The summed E-state index contributed by atoms with van der Waals surface area (Å²) in [6, 6.07) is 17.9. The van der Waals surface area contributed by atoms with Crippen LogP contribution in [0.1, 0.15) is 40.8 Å². The molecule has 2 aliphatic heterocycles. The zero-order valence-electron chi connectivity index (χ0n) is 22.6. The second-order valence-corrected chi connectivity index (χ2v) is 10.1. The molecule has 39 heavy (non-hydrogen) atoms. The van der Waals surface area contributed by atoms with Crippen LogP contribution in [0.5, 0.6) is 17.2 Å². The van der Waals surface area contributed by atoms with Crippen molar-refractivity contribution in [3.63, 3.8) is 0 Å². The highest BCUT2D eigenvalue weighted by molar-refractivity contribution is 5.79. The van der Waals surface area contributed by atoms with Crippen molar-refractivity contribution < 1.29 is 23.4 Å². The van der Waals surface area contributed by atoms with E-state index in [1.165, 1.54) is 17.7 Å². The summed E-state index contributed by atoms with van der Waals surface area (Å²) < 4.78 is 30.4. The summed E-state index contributed by atoms with van der Waals surface area (Å²) in [5.41, 5.74) is 10.7. The van der Waals surface area contributed by atoms with Crippen molar-refractivity contribution in [2.24, 2.45) is 11.8 Å². The lowest BCUT2D eigenvalue weighted by molar-refractivity contribution is -0.129. The average Bonchev–Trinajstić information content (AvgIpc) is 3.40. The third-order valence-corrected chi connectivity index (χ3v) is 7.76. The van der Waals surface area contributed by atoms with Crippen LogP contribution in [0.25, 0.3) is 0 Å². The van der Waals surface area contributed by atoms with Gasteiger partial charge in [0.1, 0.15) is 11.6 Å². The summed E-state index contributed by atoms with van der Waals surface area (Å²) in [6.07, 6.45) is 0.292. The van der Waals surface area contributed by atoms with E-state index in [0.717, 1.165) is 16.7 Å². The number of halogens is 1. The maximum atomic E-state index is 13.8. The van der Waals surface area contributed by atoms with Crippen molar-refractivity contribution in [2.75, 3.05) is 21.3 Å². The van der Waals surface area contributed by atoms with E-state index < -0.39 is 0 Å². The van der Waals surface area contributed by atoms with Gasteiger partial charge in [-0.2, -0.15) is 0 Å². The molecule has 8 nitrogen and oxygen atoms in total. The lowest BCUT2D eigenvalue weighted by atomic mass is 9.74. The van der Waals surface area contributed by atoms with Gasteiger partial charge in [-0.1, -0.05) is 42.0 Å². The Balaban J connectivity index is 1.46. The van der Waals surface area contributed by atoms with Crippen molar-refractivity contribution in [1.29, 1.82) is 0 Å². The normalized spacial score (nSPS) is 24.1. The fraction of sp³-hybridized carbons (Fsp3) is 0.367. The van der Waals surface area contributed by atoms with Crippen LogP contribution in [0.4, 0.5) is 4.39 Å². The van der Waals surface area contributed by atoms with Crippen molar-refractivity contribution in [2.45, 2.75) is 38.1 Å². The van der Waals surface area contributed by atoms with Gasteiger partial charge >= 0.3 is 0 Å². The first-order valence-corrected chi connectivity index (χ1v) is 13.1. The molecule has 2 fully saturated rings. The first-order chi connectivity index (χ1) is 18.9. The van der Waals surface area contributed by atoms with Gasteiger partial charge in [0.25, 0.3) is 0 Å². The fourth-order valence-corrected chi connectivity index (χ4v) is 5.70. The van der Waals surface area contributed by atoms with Crippen LogP contribution >= 0.6 is 0 Å². The predicted octanol–water partition coefficient (Wildman–Crippen LogP) is 3.92. The van der Waals surface area contributed by atoms with Gasteiger partial charge < -0.3 is 19.5 Å². The van der Waals surface area contributed by atoms with E-state index in [2.05, 4.69) is 21.5 Å². The summed E-state index contributed by atoms with van der Waals surface area (Å²) >= 11 is 0. The molecule has 0 aromatic heterocycles. The maximum Gasteiger partial charge on any atom is 0.223 e. The van der Waals surface area contributed by atoms with Gasteiger partial charge in [-0.3, -0.25) is 10.1 Å². The van der Waals surface area contributed by atoms with Gasteiger partial charge in [0.05, 0.1) is 33.5 Å². The minimum atomic E-state index is -0.359. The predicted molar refractivity (Wildman–Crippen MR) is 146 cm³/mol. The molecule has 9 heteroatoms. The Labute approximate surface area is 228 Å². The Kier molecular flexibility index (Phi) is 8.02. The molecule has 0 bridgehead atoms. The molecule has 5 rings (SSSR count). The Morgan fingerprint density at radius 3 is 2.26 bits per heavy atom. The minimum Gasteiger partial charge on any atom is -0.496 e. The first-order valence-electron chi connectivity index (χ1n) is 13.1. The quantitative estimate of drug-likeness (QED) is 0.348. The molecule has 0 aliphatic carbocycles. The van der Waals surface area contributed by atoms with Crippen LogP contribution < -0.4 is 35.7 Å². The Hall–Kier alpha value is -3.66. The monoisotopic (exact) mass is 534 g/mol. The molecule has 206 valence electrons. The van der Waals surface area contributed by atoms with Gasteiger partial charge in [-0.05, 0) is 42.7 Å². The molecule has 2 aliphatic rings. The van der Waals surface area contributed by atoms with Crippen molar-refractivity contribution in [1.82, 2.24) is 21.5 Å². The Morgan fingerprint density at radius 2 is 1.59 bits per heavy atom. The van der Waals surface area contributed by atoms with E-state index in [9.17, 15) is 9.18 Å². The number of hydrogen-bond acceptors (Lipinski definition) is 7. The second kappa shape index (κ2) is 11.6. The van der Waals surface area contributed by atoms with E-state index >= 15 is 0 Å². The number of fused-ring (bicyclic) bond motifs is 1. The van der Waals surface area contributed by atoms with Gasteiger partial charge in [0.15, 0.2) is 11.5 Å². The number of carbonyl (C=O) groups excluding carboxylic acids is 1. The number of benzene rings is 3. The molecule has 2 heterocycles. The summed E-state index contributed by atoms with van der Waals surface area (Å²) in [5.74, 6) is 0.974. The van der Waals surface area contributed by atoms with Crippen LogP contribution in [0.3, 0.4) is 0 Å². The van der Waals surface area contributed by atoms with Crippen LogP contribution in [-0.4, -0.2) is 33.4 Å². The van der Waals surface area contributed by atoms with Crippen molar-refractivity contribution >= 4 is 5.91 Å². The molecule has 1 amide bonds. The largest absolute Gasteiger partial charge is 0.496 e. The molecule has 4 N–H and O–H groups in total. The number of aryl methyl sites for hydroxylation is 1. The summed E-state index contributed by atoms with van der Waals surface area (Å²) in [5, 5.41) is 6.83. The molecule has 5 unspecified atom stereocenters. The molecule has 5 atom stereocenters. The van der Waals surface area contributed by atoms with E-state index in [4.69, 9.17) is 14.2 Å². The van der Waals surface area contributed by atoms with E-state index in [-0.39, 0.29) is 41.8 Å². The maximum absolute atomic E-state index is 13.8. The molecule has 2 saturated heterocycles. The van der Waals surface area contributed by atoms with Crippen LogP contribution in [0.15, 0.2) is 60.7 Å². The lowest BCUT2D eigenvalue weighted by Crippen LogP contribution is -2.54. The smallest absolute Gasteiger partial charge is 0.223 e. The van der Waals surface area contributed by atoms with Crippen LogP contribution in [0.2, 0.25) is 0 Å².